The van der Waals surface area contributed by atoms with Crippen molar-refractivity contribution in [3.05, 3.63) is 64.5 Å². The van der Waals surface area contributed by atoms with Crippen molar-refractivity contribution < 1.29 is 9.53 Å². The Kier molecular flexibility index (Phi) is 6.46. The molecule has 1 aliphatic heterocycles. The first-order chi connectivity index (χ1) is 14.5. The van der Waals surface area contributed by atoms with Crippen LogP contribution in [0.2, 0.25) is 0 Å². The Bertz CT molecular complexity index is 1000. The average molecular weight is 472 g/mol. The van der Waals surface area contributed by atoms with Crippen molar-refractivity contribution in [3.63, 3.8) is 0 Å². The fourth-order valence-corrected chi connectivity index (χ4v) is 4.04. The molecule has 1 amide bonds. The van der Waals surface area contributed by atoms with E-state index in [1.807, 2.05) is 60.0 Å². The molecular weight excluding hydrogens is 446 g/mol. The number of amides is 1. The van der Waals surface area contributed by atoms with E-state index in [4.69, 9.17) is 4.74 Å². The van der Waals surface area contributed by atoms with Crippen LogP contribution in [0.25, 0.3) is 5.65 Å². The lowest BCUT2D eigenvalue weighted by atomic mass is 9.80. The van der Waals surface area contributed by atoms with Crippen LogP contribution in [-0.2, 0) is 16.1 Å². The fraction of sp³-hybridized carbons (Fsp3) is 0.409. The number of piperidine rings is 1. The number of benzene rings is 1. The van der Waals surface area contributed by atoms with Gasteiger partial charge < -0.3 is 15.4 Å². The molecule has 0 bridgehead atoms. The summed E-state index contributed by atoms with van der Waals surface area (Å²) < 4.78 is 8.79. The highest BCUT2D eigenvalue weighted by Crippen LogP contribution is 2.29. The monoisotopic (exact) mass is 471 g/mol. The third kappa shape index (κ3) is 4.71. The molecule has 1 fully saturated rings. The van der Waals surface area contributed by atoms with Crippen LogP contribution in [0.5, 0.6) is 0 Å². The average Bonchev–Trinajstić information content (AvgIpc) is 3.17. The Morgan fingerprint density at radius 1 is 1.23 bits per heavy atom. The van der Waals surface area contributed by atoms with Crippen LogP contribution in [0.3, 0.4) is 0 Å². The molecule has 1 saturated heterocycles. The van der Waals surface area contributed by atoms with Gasteiger partial charge in [-0.05, 0) is 59.6 Å². The molecule has 0 saturated carbocycles. The molecule has 3 aromatic rings. The van der Waals surface area contributed by atoms with Gasteiger partial charge >= 0.3 is 0 Å². The smallest absolute Gasteiger partial charge is 0.226 e. The highest BCUT2D eigenvalue weighted by atomic mass is 79.9. The van der Waals surface area contributed by atoms with Gasteiger partial charge in [0.05, 0.1) is 13.2 Å². The molecule has 2 N–H and O–H groups in total. The summed E-state index contributed by atoms with van der Waals surface area (Å²) in [5.74, 6) is 0.689. The van der Waals surface area contributed by atoms with Gasteiger partial charge in [0.1, 0.15) is 6.04 Å². The summed E-state index contributed by atoms with van der Waals surface area (Å²) in [5, 5.41) is 15.1. The molecule has 0 unspecified atom stereocenters. The van der Waals surface area contributed by atoms with Crippen molar-refractivity contribution in [2.24, 2.45) is 5.41 Å². The predicted octanol–water partition coefficient (Wildman–Crippen LogP) is 3.26. The number of halogens is 1. The zero-order chi connectivity index (χ0) is 21.0. The zero-order valence-electron chi connectivity index (χ0n) is 17.0. The van der Waals surface area contributed by atoms with Gasteiger partial charge in [-0.25, -0.2) is 0 Å². The maximum atomic E-state index is 13.2. The van der Waals surface area contributed by atoms with E-state index in [1.54, 1.807) is 0 Å². The molecule has 0 radical (unpaired) electrons. The second-order valence-corrected chi connectivity index (χ2v) is 8.89. The number of aromatic nitrogens is 3. The summed E-state index contributed by atoms with van der Waals surface area (Å²) in [7, 11) is 0. The van der Waals surface area contributed by atoms with Crippen molar-refractivity contribution in [1.29, 1.82) is 0 Å². The van der Waals surface area contributed by atoms with Crippen LogP contribution in [0.1, 0.15) is 37.2 Å². The van der Waals surface area contributed by atoms with Crippen LogP contribution in [0.4, 0.5) is 0 Å². The van der Waals surface area contributed by atoms with Crippen molar-refractivity contribution in [2.45, 2.75) is 32.4 Å². The summed E-state index contributed by atoms with van der Waals surface area (Å²) >= 11 is 3.50. The van der Waals surface area contributed by atoms with E-state index in [-0.39, 0.29) is 5.91 Å². The molecule has 30 heavy (non-hydrogen) atoms. The van der Waals surface area contributed by atoms with Gasteiger partial charge in [-0.1, -0.05) is 37.3 Å². The SMILES string of the molecule is CC1(C(=O)N[C@H](COCc2ccccc2)c2nnc3ccc(Br)cn23)CCNCC1. The van der Waals surface area contributed by atoms with Crippen molar-refractivity contribution in [1.82, 2.24) is 25.2 Å². The predicted molar refractivity (Wildman–Crippen MR) is 118 cm³/mol. The van der Waals surface area contributed by atoms with Gasteiger partial charge in [0.2, 0.25) is 5.91 Å². The van der Waals surface area contributed by atoms with Crippen LogP contribution < -0.4 is 10.6 Å². The molecule has 8 heteroatoms. The topological polar surface area (TPSA) is 80.5 Å². The Balaban J connectivity index is 1.55. The number of carbonyl (C=O) groups excluding carboxylic acids is 1. The molecule has 0 spiro atoms. The number of hydrogen-bond acceptors (Lipinski definition) is 5. The number of carbonyl (C=O) groups is 1. The molecular formula is C22H26BrN5O2. The molecule has 0 aliphatic carbocycles. The quantitative estimate of drug-likeness (QED) is 0.552. The molecule has 1 atom stereocenters. The largest absolute Gasteiger partial charge is 0.374 e. The van der Waals surface area contributed by atoms with E-state index in [0.717, 1.165) is 41.6 Å². The van der Waals surface area contributed by atoms with Crippen LogP contribution in [0.15, 0.2) is 53.1 Å². The minimum atomic E-state index is -0.405. The van der Waals surface area contributed by atoms with Gasteiger partial charge in [-0.2, -0.15) is 0 Å². The maximum absolute atomic E-state index is 13.2. The summed E-state index contributed by atoms with van der Waals surface area (Å²) in [6.45, 7) is 4.50. The lowest BCUT2D eigenvalue weighted by molar-refractivity contribution is -0.133. The summed E-state index contributed by atoms with van der Waals surface area (Å²) in [6, 6.07) is 13.4. The number of nitrogens with zero attached hydrogens (tertiary/aromatic N) is 3. The van der Waals surface area contributed by atoms with E-state index in [2.05, 4.69) is 36.8 Å². The van der Waals surface area contributed by atoms with Gasteiger partial charge in [-0.15, -0.1) is 10.2 Å². The minimum absolute atomic E-state index is 0.0315. The first kappa shape index (κ1) is 21.0. The number of hydrogen-bond donors (Lipinski definition) is 2. The lowest BCUT2D eigenvalue weighted by Gasteiger charge is -2.34. The van der Waals surface area contributed by atoms with Gasteiger partial charge in [-0.3, -0.25) is 9.20 Å². The van der Waals surface area contributed by atoms with Gasteiger partial charge in [0, 0.05) is 16.1 Å². The molecule has 2 aromatic heterocycles. The summed E-state index contributed by atoms with van der Waals surface area (Å²) in [4.78, 5) is 13.2. The first-order valence-electron chi connectivity index (χ1n) is 10.2. The maximum Gasteiger partial charge on any atom is 0.226 e. The standard InChI is InChI=1S/C22H26BrN5O2/c1-22(9-11-24-12-10-22)21(29)25-18(15-30-14-16-5-3-2-4-6-16)20-27-26-19-8-7-17(23)13-28(19)20/h2-8,13,18,24H,9-12,14-15H2,1H3,(H,25,29)/t18-/m1/s1. The Hall–Kier alpha value is -2.29. The second-order valence-electron chi connectivity index (χ2n) is 7.97. The van der Waals surface area contributed by atoms with Crippen LogP contribution in [-0.4, -0.2) is 40.2 Å². The number of pyridine rings is 1. The summed E-state index contributed by atoms with van der Waals surface area (Å²) in [6.07, 6.45) is 3.53. The number of nitrogens with one attached hydrogen (secondary N) is 2. The molecule has 1 aliphatic rings. The molecule has 1 aromatic carbocycles. The number of ether oxygens (including phenoxy) is 1. The van der Waals surface area contributed by atoms with Crippen LogP contribution in [0, 0.1) is 5.41 Å². The van der Waals surface area contributed by atoms with Crippen molar-refractivity contribution >= 4 is 27.5 Å². The van der Waals surface area contributed by atoms with E-state index in [1.165, 1.54) is 0 Å². The fourth-order valence-electron chi connectivity index (χ4n) is 3.71. The third-order valence-corrected chi connectivity index (χ3v) is 6.13. The van der Waals surface area contributed by atoms with Gasteiger partial charge in [0.25, 0.3) is 0 Å². The molecule has 7 nitrogen and oxygen atoms in total. The second kappa shape index (κ2) is 9.24. The summed E-state index contributed by atoms with van der Waals surface area (Å²) in [5.41, 5.74) is 1.41. The lowest BCUT2D eigenvalue weighted by Crippen LogP contribution is -2.47. The Morgan fingerprint density at radius 3 is 2.77 bits per heavy atom. The van der Waals surface area contributed by atoms with Crippen molar-refractivity contribution in [3.8, 4) is 0 Å². The van der Waals surface area contributed by atoms with E-state index in [0.29, 0.717) is 19.0 Å². The highest BCUT2D eigenvalue weighted by Gasteiger charge is 2.36. The van der Waals surface area contributed by atoms with Crippen LogP contribution >= 0.6 is 15.9 Å². The third-order valence-electron chi connectivity index (χ3n) is 5.66. The Morgan fingerprint density at radius 2 is 2.00 bits per heavy atom. The number of rotatable bonds is 7. The molecule has 4 rings (SSSR count). The minimum Gasteiger partial charge on any atom is -0.374 e. The zero-order valence-corrected chi connectivity index (χ0v) is 18.6. The van der Waals surface area contributed by atoms with Crippen molar-refractivity contribution in [2.75, 3.05) is 19.7 Å². The normalized spacial score (nSPS) is 17.0. The number of fused-ring (bicyclic) bond motifs is 1. The van der Waals surface area contributed by atoms with E-state index < -0.39 is 11.5 Å². The highest BCUT2D eigenvalue weighted by molar-refractivity contribution is 9.10. The molecule has 3 heterocycles. The van der Waals surface area contributed by atoms with E-state index >= 15 is 0 Å². The Labute approximate surface area is 184 Å². The van der Waals surface area contributed by atoms with Gasteiger partial charge in [0.15, 0.2) is 11.5 Å². The molecule has 158 valence electrons. The van der Waals surface area contributed by atoms with E-state index in [9.17, 15) is 4.79 Å². The first-order valence-corrected chi connectivity index (χ1v) is 11.0.